The molecule has 96 valence electrons. The Bertz CT molecular complexity index is 495. The molecular weight excluding hydrogens is 248 g/mol. The van der Waals surface area contributed by atoms with E-state index in [1.807, 2.05) is 17.5 Å². The van der Waals surface area contributed by atoms with Crippen LogP contribution in [0.1, 0.15) is 12.1 Å². The topological polar surface area (TPSA) is 49.5 Å². The van der Waals surface area contributed by atoms with E-state index in [-0.39, 0.29) is 6.61 Å². The van der Waals surface area contributed by atoms with Gasteiger partial charge in [-0.1, -0.05) is 6.07 Å². The summed E-state index contributed by atoms with van der Waals surface area (Å²) in [5.41, 5.74) is 0.969. The summed E-state index contributed by atoms with van der Waals surface area (Å²) in [5.74, 6) is 1.13. The minimum absolute atomic E-state index is 0.287. The smallest absolute Gasteiger partial charge is 0.236 e. The second-order valence-corrected chi connectivity index (χ2v) is 5.64. The highest BCUT2D eigenvalue weighted by atomic mass is 32.1. The van der Waals surface area contributed by atoms with Crippen LogP contribution in [0.4, 0.5) is 0 Å². The Morgan fingerprint density at radius 2 is 2.50 bits per heavy atom. The number of rotatable bonds is 4. The van der Waals surface area contributed by atoms with Crippen LogP contribution in [0.15, 0.2) is 28.2 Å². The van der Waals surface area contributed by atoms with Crippen molar-refractivity contribution in [1.82, 2.24) is 9.88 Å². The van der Waals surface area contributed by atoms with Crippen molar-refractivity contribution in [3.8, 4) is 10.8 Å². The minimum Gasteiger partial charge on any atom is -0.444 e. The Morgan fingerprint density at radius 1 is 1.56 bits per heavy atom. The number of thiophene rings is 1. The summed E-state index contributed by atoms with van der Waals surface area (Å²) in [5, 5.41) is 11.1. The Labute approximate surface area is 110 Å². The number of aliphatic hydroxyl groups excluding tert-OH is 1. The standard InChI is InChI=1S/C13H16N2O2S/c16-8-10-3-4-15(6-10)7-11-9-17-13(14-11)12-2-1-5-18-12/h1-2,5,9-10,16H,3-4,6-8H2. The van der Waals surface area contributed by atoms with Crippen LogP contribution in [0, 0.1) is 5.92 Å². The molecule has 0 amide bonds. The molecule has 1 atom stereocenters. The summed E-state index contributed by atoms with van der Waals surface area (Å²) >= 11 is 1.63. The van der Waals surface area contributed by atoms with E-state index < -0.39 is 0 Å². The zero-order chi connectivity index (χ0) is 12.4. The third-order valence-corrected chi connectivity index (χ3v) is 4.16. The molecule has 0 spiro atoms. The molecule has 2 aromatic rings. The molecule has 1 fully saturated rings. The van der Waals surface area contributed by atoms with Gasteiger partial charge in [0.05, 0.1) is 10.6 Å². The van der Waals surface area contributed by atoms with Crippen molar-refractivity contribution in [2.45, 2.75) is 13.0 Å². The lowest BCUT2D eigenvalue weighted by molar-refractivity contribution is 0.219. The van der Waals surface area contributed by atoms with Gasteiger partial charge in [0.2, 0.25) is 5.89 Å². The number of likely N-dealkylation sites (tertiary alicyclic amines) is 1. The first kappa shape index (κ1) is 11.9. The largest absolute Gasteiger partial charge is 0.444 e. The first-order chi connectivity index (χ1) is 8.85. The van der Waals surface area contributed by atoms with Crippen molar-refractivity contribution in [3.05, 3.63) is 29.5 Å². The summed E-state index contributed by atoms with van der Waals surface area (Å²) in [7, 11) is 0. The maximum Gasteiger partial charge on any atom is 0.236 e. The van der Waals surface area contributed by atoms with Crippen LogP contribution in [0.2, 0.25) is 0 Å². The van der Waals surface area contributed by atoms with Gasteiger partial charge in [-0.3, -0.25) is 4.90 Å². The monoisotopic (exact) mass is 264 g/mol. The second-order valence-electron chi connectivity index (χ2n) is 4.69. The minimum atomic E-state index is 0.287. The quantitative estimate of drug-likeness (QED) is 0.920. The second kappa shape index (κ2) is 5.22. The SMILES string of the molecule is OCC1CCN(Cc2coc(-c3cccs3)n2)C1. The fourth-order valence-electron chi connectivity index (χ4n) is 2.33. The molecule has 2 aromatic heterocycles. The highest BCUT2D eigenvalue weighted by Gasteiger charge is 2.22. The van der Waals surface area contributed by atoms with E-state index in [1.165, 1.54) is 0 Å². The molecule has 1 aliphatic heterocycles. The van der Waals surface area contributed by atoms with Crippen LogP contribution in [0.25, 0.3) is 10.8 Å². The number of aromatic nitrogens is 1. The molecule has 0 radical (unpaired) electrons. The number of oxazole rings is 1. The summed E-state index contributed by atoms with van der Waals surface area (Å²) in [6.07, 6.45) is 2.81. The van der Waals surface area contributed by atoms with E-state index in [0.717, 1.165) is 36.6 Å². The third kappa shape index (κ3) is 2.48. The molecule has 1 aliphatic rings. The van der Waals surface area contributed by atoms with Crippen molar-refractivity contribution in [2.75, 3.05) is 19.7 Å². The van der Waals surface area contributed by atoms with Gasteiger partial charge in [0, 0.05) is 19.7 Å². The van der Waals surface area contributed by atoms with E-state index in [4.69, 9.17) is 9.52 Å². The zero-order valence-electron chi connectivity index (χ0n) is 10.1. The molecule has 0 aliphatic carbocycles. The van der Waals surface area contributed by atoms with E-state index in [1.54, 1.807) is 17.6 Å². The average Bonchev–Trinajstić information content (AvgIpc) is 3.10. The van der Waals surface area contributed by atoms with E-state index in [0.29, 0.717) is 11.8 Å². The molecule has 1 saturated heterocycles. The highest BCUT2D eigenvalue weighted by molar-refractivity contribution is 7.13. The van der Waals surface area contributed by atoms with Gasteiger partial charge < -0.3 is 9.52 Å². The molecule has 0 bridgehead atoms. The zero-order valence-corrected chi connectivity index (χ0v) is 10.9. The number of hydrogen-bond acceptors (Lipinski definition) is 5. The van der Waals surface area contributed by atoms with Gasteiger partial charge in [-0.2, -0.15) is 0 Å². The van der Waals surface area contributed by atoms with Crippen molar-refractivity contribution in [2.24, 2.45) is 5.92 Å². The van der Waals surface area contributed by atoms with Crippen molar-refractivity contribution < 1.29 is 9.52 Å². The Morgan fingerprint density at radius 3 is 3.22 bits per heavy atom. The lowest BCUT2D eigenvalue weighted by Crippen LogP contribution is -2.21. The van der Waals surface area contributed by atoms with Gasteiger partial charge >= 0.3 is 0 Å². The fourth-order valence-corrected chi connectivity index (χ4v) is 2.98. The highest BCUT2D eigenvalue weighted by Crippen LogP contribution is 2.25. The Hall–Kier alpha value is -1.17. The maximum absolute atomic E-state index is 9.12. The molecule has 5 heteroatoms. The lowest BCUT2D eigenvalue weighted by Gasteiger charge is -2.12. The number of hydrogen-bond donors (Lipinski definition) is 1. The van der Waals surface area contributed by atoms with Crippen LogP contribution in [-0.4, -0.2) is 34.7 Å². The van der Waals surface area contributed by atoms with Crippen molar-refractivity contribution in [3.63, 3.8) is 0 Å². The predicted octanol–water partition coefficient (Wildman–Crippen LogP) is 2.22. The average molecular weight is 264 g/mol. The fraction of sp³-hybridized carbons (Fsp3) is 0.462. The van der Waals surface area contributed by atoms with Crippen LogP contribution in [0.3, 0.4) is 0 Å². The van der Waals surface area contributed by atoms with Crippen LogP contribution in [-0.2, 0) is 6.54 Å². The van der Waals surface area contributed by atoms with Gasteiger partial charge in [-0.05, 0) is 30.3 Å². The molecule has 3 heterocycles. The van der Waals surface area contributed by atoms with Crippen LogP contribution < -0.4 is 0 Å². The van der Waals surface area contributed by atoms with Gasteiger partial charge in [0.1, 0.15) is 6.26 Å². The van der Waals surface area contributed by atoms with Gasteiger partial charge in [-0.15, -0.1) is 11.3 Å². The molecule has 0 aromatic carbocycles. The van der Waals surface area contributed by atoms with E-state index >= 15 is 0 Å². The Balaban J connectivity index is 1.64. The summed E-state index contributed by atoms with van der Waals surface area (Å²) < 4.78 is 5.50. The molecule has 18 heavy (non-hydrogen) atoms. The lowest BCUT2D eigenvalue weighted by atomic mass is 10.1. The number of aliphatic hydroxyl groups is 1. The number of nitrogens with zero attached hydrogens (tertiary/aromatic N) is 2. The Kier molecular flexibility index (Phi) is 3.45. The molecule has 4 nitrogen and oxygen atoms in total. The van der Waals surface area contributed by atoms with Gasteiger partial charge in [0.15, 0.2) is 0 Å². The molecule has 3 rings (SSSR count). The maximum atomic E-state index is 9.12. The summed E-state index contributed by atoms with van der Waals surface area (Å²) in [6.45, 7) is 3.09. The molecule has 1 unspecified atom stereocenters. The van der Waals surface area contributed by atoms with E-state index in [2.05, 4.69) is 9.88 Å². The van der Waals surface area contributed by atoms with Crippen molar-refractivity contribution >= 4 is 11.3 Å². The first-order valence-corrected chi connectivity index (χ1v) is 7.04. The van der Waals surface area contributed by atoms with Crippen LogP contribution >= 0.6 is 11.3 Å². The molecule has 0 saturated carbocycles. The third-order valence-electron chi connectivity index (χ3n) is 3.30. The molecule has 1 N–H and O–H groups in total. The first-order valence-electron chi connectivity index (χ1n) is 6.16. The van der Waals surface area contributed by atoms with Crippen LogP contribution in [0.5, 0.6) is 0 Å². The normalized spacial score (nSPS) is 20.6. The van der Waals surface area contributed by atoms with E-state index in [9.17, 15) is 0 Å². The van der Waals surface area contributed by atoms with Gasteiger partial charge in [0.25, 0.3) is 0 Å². The van der Waals surface area contributed by atoms with Gasteiger partial charge in [-0.25, -0.2) is 4.98 Å². The molecular formula is C13H16N2O2S. The summed E-state index contributed by atoms with van der Waals surface area (Å²) in [6, 6.07) is 4.01. The van der Waals surface area contributed by atoms with Crippen molar-refractivity contribution in [1.29, 1.82) is 0 Å². The predicted molar refractivity (Wildman–Crippen MR) is 70.3 cm³/mol. The summed E-state index contributed by atoms with van der Waals surface area (Å²) in [4.78, 5) is 7.89.